The number of amides is 2. The van der Waals surface area contributed by atoms with Gasteiger partial charge in [0.2, 0.25) is 5.91 Å². The lowest BCUT2D eigenvalue weighted by atomic mass is 10.0. The number of nitrogens with one attached hydrogen (secondary N) is 1. The summed E-state index contributed by atoms with van der Waals surface area (Å²) in [5, 5.41) is 2.91. The Morgan fingerprint density at radius 1 is 0.771 bits per heavy atom. The Balaban J connectivity index is 1.73. The lowest BCUT2D eigenvalue weighted by molar-refractivity contribution is -0.136. The number of ketones is 1. The highest BCUT2D eigenvalue weighted by Crippen LogP contribution is 2.11. The van der Waals surface area contributed by atoms with Crippen molar-refractivity contribution in [3.05, 3.63) is 108 Å². The molecule has 1 N–H and O–H groups in total. The van der Waals surface area contributed by atoms with Gasteiger partial charge in [0.1, 0.15) is 0 Å². The summed E-state index contributed by atoms with van der Waals surface area (Å²) in [5.41, 5.74) is 2.54. The van der Waals surface area contributed by atoms with Crippen LogP contribution in [-0.4, -0.2) is 41.6 Å². The molecule has 0 saturated carbocycles. The number of benzene rings is 3. The second-order valence-corrected chi connectivity index (χ2v) is 9.20. The van der Waals surface area contributed by atoms with Crippen molar-refractivity contribution in [1.29, 1.82) is 0 Å². The van der Waals surface area contributed by atoms with E-state index in [0.717, 1.165) is 11.1 Å². The molecule has 0 aliphatic carbocycles. The van der Waals surface area contributed by atoms with Crippen LogP contribution in [0.2, 0.25) is 0 Å². The van der Waals surface area contributed by atoms with Crippen LogP contribution in [0.1, 0.15) is 41.8 Å². The summed E-state index contributed by atoms with van der Waals surface area (Å²) in [4.78, 5) is 41.1. The molecular formula is C30H34N2O3. The van der Waals surface area contributed by atoms with Gasteiger partial charge in [0.05, 0.1) is 12.6 Å². The highest BCUT2D eigenvalue weighted by atomic mass is 16.2. The van der Waals surface area contributed by atoms with Crippen molar-refractivity contribution in [2.24, 2.45) is 5.92 Å². The largest absolute Gasteiger partial charge is 0.342 e. The van der Waals surface area contributed by atoms with Crippen molar-refractivity contribution in [3.63, 3.8) is 0 Å². The SMILES string of the molecule is CC(C)CN(CC(=O)C(Cc1ccccc1)NC(=O)c1ccccc1)C(=O)CCc1ccccc1. The van der Waals surface area contributed by atoms with Gasteiger partial charge in [-0.15, -0.1) is 0 Å². The minimum absolute atomic E-state index is 0.0294. The molecule has 3 aromatic carbocycles. The van der Waals surface area contributed by atoms with Gasteiger partial charge in [-0.3, -0.25) is 14.4 Å². The Morgan fingerprint density at radius 2 is 1.31 bits per heavy atom. The van der Waals surface area contributed by atoms with Crippen molar-refractivity contribution in [3.8, 4) is 0 Å². The summed E-state index contributed by atoms with van der Waals surface area (Å²) < 4.78 is 0. The highest BCUT2D eigenvalue weighted by Gasteiger charge is 2.26. The van der Waals surface area contributed by atoms with Gasteiger partial charge in [-0.25, -0.2) is 0 Å². The molecule has 0 aromatic heterocycles. The molecule has 1 unspecified atom stereocenters. The molecule has 5 nitrogen and oxygen atoms in total. The molecule has 182 valence electrons. The molecule has 0 aliphatic rings. The van der Waals surface area contributed by atoms with E-state index in [-0.39, 0.29) is 30.1 Å². The van der Waals surface area contributed by atoms with Gasteiger partial charge in [0, 0.05) is 18.5 Å². The number of Topliss-reactive ketones (excluding diaryl/α,β-unsaturated/α-hetero) is 1. The van der Waals surface area contributed by atoms with Crippen LogP contribution in [0.15, 0.2) is 91.0 Å². The van der Waals surface area contributed by atoms with Gasteiger partial charge in [-0.1, -0.05) is 92.7 Å². The zero-order valence-electron chi connectivity index (χ0n) is 20.5. The van der Waals surface area contributed by atoms with Crippen LogP contribution < -0.4 is 5.32 Å². The molecule has 3 aromatic rings. The Morgan fingerprint density at radius 3 is 1.89 bits per heavy atom. The van der Waals surface area contributed by atoms with Crippen molar-refractivity contribution < 1.29 is 14.4 Å². The van der Waals surface area contributed by atoms with E-state index in [1.807, 2.05) is 80.6 Å². The van der Waals surface area contributed by atoms with Crippen LogP contribution in [0.5, 0.6) is 0 Å². The quantitative estimate of drug-likeness (QED) is 0.417. The predicted octanol–water partition coefficient (Wildman–Crippen LogP) is 4.71. The lowest BCUT2D eigenvalue weighted by Crippen LogP contribution is -2.48. The standard InChI is InChI=1S/C30H34N2O3/c1-23(2)21-32(29(34)19-18-24-12-6-3-7-13-24)22-28(33)27(20-25-14-8-4-9-15-25)31-30(35)26-16-10-5-11-17-26/h3-17,23,27H,18-22H2,1-2H3,(H,31,35). The van der Waals surface area contributed by atoms with Gasteiger partial charge >= 0.3 is 0 Å². The molecular weight excluding hydrogens is 436 g/mol. The van der Waals surface area contributed by atoms with E-state index in [1.165, 1.54) is 0 Å². The van der Waals surface area contributed by atoms with Crippen molar-refractivity contribution >= 4 is 17.6 Å². The molecule has 5 heteroatoms. The number of carbonyl (C=O) groups is 3. The molecule has 1 atom stereocenters. The fourth-order valence-electron chi connectivity index (χ4n) is 3.97. The molecule has 2 amide bonds. The summed E-state index contributed by atoms with van der Waals surface area (Å²) in [6.45, 7) is 4.52. The van der Waals surface area contributed by atoms with Crippen LogP contribution in [0.25, 0.3) is 0 Å². The maximum atomic E-state index is 13.5. The summed E-state index contributed by atoms with van der Waals surface area (Å²) in [5.74, 6) is -0.309. The number of rotatable bonds is 12. The molecule has 0 radical (unpaired) electrons. The van der Waals surface area contributed by atoms with E-state index in [4.69, 9.17) is 0 Å². The van der Waals surface area contributed by atoms with E-state index < -0.39 is 6.04 Å². The lowest BCUT2D eigenvalue weighted by Gasteiger charge is -2.27. The summed E-state index contributed by atoms with van der Waals surface area (Å²) in [6.07, 6.45) is 1.33. The third-order valence-electron chi connectivity index (χ3n) is 5.77. The smallest absolute Gasteiger partial charge is 0.251 e. The minimum Gasteiger partial charge on any atom is -0.342 e. The maximum Gasteiger partial charge on any atom is 0.251 e. The van der Waals surface area contributed by atoms with Crippen LogP contribution in [0.4, 0.5) is 0 Å². The molecule has 0 fully saturated rings. The van der Waals surface area contributed by atoms with E-state index in [9.17, 15) is 14.4 Å². The second-order valence-electron chi connectivity index (χ2n) is 9.20. The Labute approximate surface area is 208 Å². The van der Waals surface area contributed by atoms with Crippen LogP contribution in [0.3, 0.4) is 0 Å². The van der Waals surface area contributed by atoms with E-state index >= 15 is 0 Å². The zero-order valence-corrected chi connectivity index (χ0v) is 20.5. The number of aryl methyl sites for hydroxylation is 1. The molecule has 0 spiro atoms. The first-order valence-electron chi connectivity index (χ1n) is 12.2. The van der Waals surface area contributed by atoms with E-state index in [0.29, 0.717) is 31.4 Å². The first-order valence-corrected chi connectivity index (χ1v) is 12.2. The summed E-state index contributed by atoms with van der Waals surface area (Å²) in [7, 11) is 0. The monoisotopic (exact) mass is 470 g/mol. The summed E-state index contributed by atoms with van der Waals surface area (Å²) >= 11 is 0. The molecule has 0 saturated heterocycles. The number of hydrogen-bond acceptors (Lipinski definition) is 3. The zero-order chi connectivity index (χ0) is 25.0. The van der Waals surface area contributed by atoms with E-state index in [2.05, 4.69) is 5.32 Å². The normalized spacial score (nSPS) is 11.6. The fraction of sp³-hybridized carbons (Fsp3) is 0.300. The van der Waals surface area contributed by atoms with Crippen molar-refractivity contribution in [1.82, 2.24) is 10.2 Å². The molecule has 0 heterocycles. The summed E-state index contributed by atoms with van der Waals surface area (Å²) in [6, 6.07) is 27.6. The maximum absolute atomic E-state index is 13.5. The van der Waals surface area contributed by atoms with Gasteiger partial charge in [-0.05, 0) is 42.0 Å². The molecule has 0 bridgehead atoms. The van der Waals surface area contributed by atoms with E-state index in [1.54, 1.807) is 29.2 Å². The minimum atomic E-state index is -0.735. The topological polar surface area (TPSA) is 66.5 Å². The predicted molar refractivity (Wildman–Crippen MR) is 139 cm³/mol. The fourth-order valence-corrected chi connectivity index (χ4v) is 3.97. The third-order valence-corrected chi connectivity index (χ3v) is 5.77. The molecule has 0 aliphatic heterocycles. The van der Waals surface area contributed by atoms with Crippen molar-refractivity contribution in [2.75, 3.05) is 13.1 Å². The Bertz CT molecular complexity index is 1080. The average molecular weight is 471 g/mol. The van der Waals surface area contributed by atoms with Crippen molar-refractivity contribution in [2.45, 2.75) is 39.2 Å². The first kappa shape index (κ1) is 25.9. The van der Waals surface area contributed by atoms with Crippen LogP contribution in [-0.2, 0) is 22.4 Å². The number of nitrogens with zero attached hydrogens (tertiary/aromatic N) is 1. The number of carbonyl (C=O) groups excluding carboxylic acids is 3. The Kier molecular flexibility index (Phi) is 9.79. The second kappa shape index (κ2) is 13.2. The van der Waals surface area contributed by atoms with Gasteiger partial charge in [-0.2, -0.15) is 0 Å². The number of hydrogen-bond donors (Lipinski definition) is 1. The third kappa shape index (κ3) is 8.53. The highest BCUT2D eigenvalue weighted by molar-refractivity contribution is 5.99. The Hall–Kier alpha value is -3.73. The van der Waals surface area contributed by atoms with Gasteiger partial charge in [0.15, 0.2) is 5.78 Å². The molecule has 3 rings (SSSR count). The van der Waals surface area contributed by atoms with Gasteiger partial charge < -0.3 is 10.2 Å². The van der Waals surface area contributed by atoms with Crippen LogP contribution >= 0.6 is 0 Å². The van der Waals surface area contributed by atoms with Crippen LogP contribution in [0, 0.1) is 5.92 Å². The molecule has 35 heavy (non-hydrogen) atoms. The van der Waals surface area contributed by atoms with Gasteiger partial charge in [0.25, 0.3) is 5.91 Å². The first-order chi connectivity index (χ1) is 16.9. The average Bonchev–Trinajstić information content (AvgIpc) is 2.88.